The topological polar surface area (TPSA) is 114 Å². The van der Waals surface area contributed by atoms with Crippen molar-refractivity contribution in [1.29, 1.82) is 5.26 Å². The molecule has 0 aliphatic heterocycles. The molecule has 0 amide bonds. The SMILES string of the molecule is Cn1ncc(N)c1NS(=O)(=O)c1cccc(F)c1C#N. The highest BCUT2D eigenvalue weighted by atomic mass is 32.2. The van der Waals surface area contributed by atoms with Crippen molar-refractivity contribution in [2.24, 2.45) is 7.05 Å². The summed E-state index contributed by atoms with van der Waals surface area (Å²) in [6.07, 6.45) is 1.27. The van der Waals surface area contributed by atoms with Gasteiger partial charge in [0, 0.05) is 7.05 Å². The first-order valence-corrected chi connectivity index (χ1v) is 6.84. The van der Waals surface area contributed by atoms with Gasteiger partial charge in [0.05, 0.1) is 11.9 Å². The number of nitrogens with one attached hydrogen (secondary N) is 1. The fourth-order valence-electron chi connectivity index (χ4n) is 1.60. The Labute approximate surface area is 114 Å². The molecule has 3 N–H and O–H groups in total. The monoisotopic (exact) mass is 295 g/mol. The van der Waals surface area contributed by atoms with Crippen LogP contribution in [-0.4, -0.2) is 18.2 Å². The molecule has 0 unspecified atom stereocenters. The van der Waals surface area contributed by atoms with E-state index >= 15 is 0 Å². The summed E-state index contributed by atoms with van der Waals surface area (Å²) < 4.78 is 41.3. The molecule has 0 aliphatic carbocycles. The van der Waals surface area contributed by atoms with Crippen molar-refractivity contribution in [3.8, 4) is 6.07 Å². The van der Waals surface area contributed by atoms with E-state index in [0.29, 0.717) is 0 Å². The molecule has 0 atom stereocenters. The lowest BCUT2D eigenvalue weighted by atomic mass is 10.2. The predicted octanol–water partition coefficient (Wildman–Crippen LogP) is 0.814. The number of hydrogen-bond donors (Lipinski definition) is 2. The molecule has 0 fully saturated rings. The standard InChI is InChI=1S/C11H10FN5O2S/c1-17-11(9(14)6-15-17)16-20(18,19)10-4-2-3-8(12)7(10)5-13/h2-4,6,16H,14H2,1H3. The third-order valence-electron chi connectivity index (χ3n) is 2.57. The minimum Gasteiger partial charge on any atom is -0.394 e. The number of nitriles is 1. The molecule has 0 aliphatic rings. The van der Waals surface area contributed by atoms with Gasteiger partial charge in [0.15, 0.2) is 5.82 Å². The number of aryl methyl sites for hydroxylation is 1. The van der Waals surface area contributed by atoms with E-state index in [-0.39, 0.29) is 11.5 Å². The first-order valence-electron chi connectivity index (χ1n) is 5.35. The van der Waals surface area contributed by atoms with Gasteiger partial charge in [-0.3, -0.25) is 9.40 Å². The van der Waals surface area contributed by atoms with Crippen LogP contribution in [0.4, 0.5) is 15.9 Å². The van der Waals surface area contributed by atoms with Gasteiger partial charge in [-0.15, -0.1) is 0 Å². The van der Waals surface area contributed by atoms with E-state index in [0.717, 1.165) is 12.1 Å². The first kappa shape index (κ1) is 13.8. The molecule has 1 heterocycles. The van der Waals surface area contributed by atoms with Crippen LogP contribution in [0, 0.1) is 17.1 Å². The number of sulfonamides is 1. The maximum absolute atomic E-state index is 13.5. The zero-order valence-electron chi connectivity index (χ0n) is 10.3. The highest BCUT2D eigenvalue weighted by Crippen LogP contribution is 2.23. The van der Waals surface area contributed by atoms with Crippen LogP contribution in [-0.2, 0) is 17.1 Å². The molecule has 104 valence electrons. The highest BCUT2D eigenvalue weighted by Gasteiger charge is 2.23. The second-order valence-corrected chi connectivity index (χ2v) is 5.55. The van der Waals surface area contributed by atoms with Crippen LogP contribution in [0.25, 0.3) is 0 Å². The molecule has 0 saturated heterocycles. The Morgan fingerprint density at radius 3 is 2.75 bits per heavy atom. The predicted molar refractivity (Wildman–Crippen MR) is 69.5 cm³/mol. The summed E-state index contributed by atoms with van der Waals surface area (Å²) in [7, 11) is -2.66. The van der Waals surface area contributed by atoms with Crippen LogP contribution >= 0.6 is 0 Å². The Balaban J connectivity index is 2.53. The van der Waals surface area contributed by atoms with Gasteiger partial charge in [0.2, 0.25) is 0 Å². The van der Waals surface area contributed by atoms with E-state index in [1.54, 1.807) is 0 Å². The van der Waals surface area contributed by atoms with Gasteiger partial charge < -0.3 is 5.73 Å². The second kappa shape index (κ2) is 4.82. The number of anilines is 2. The average molecular weight is 295 g/mol. The number of nitrogens with zero attached hydrogens (tertiary/aromatic N) is 3. The summed E-state index contributed by atoms with van der Waals surface area (Å²) in [5, 5.41) is 12.7. The molecule has 0 radical (unpaired) electrons. The van der Waals surface area contributed by atoms with E-state index < -0.39 is 26.3 Å². The van der Waals surface area contributed by atoms with Crippen molar-refractivity contribution >= 4 is 21.5 Å². The van der Waals surface area contributed by atoms with Gasteiger partial charge in [-0.05, 0) is 12.1 Å². The van der Waals surface area contributed by atoms with E-state index in [4.69, 9.17) is 11.0 Å². The van der Waals surface area contributed by atoms with Gasteiger partial charge in [-0.1, -0.05) is 6.07 Å². The zero-order valence-corrected chi connectivity index (χ0v) is 11.1. The number of benzene rings is 1. The molecule has 0 bridgehead atoms. The van der Waals surface area contributed by atoms with Crippen LogP contribution in [0.5, 0.6) is 0 Å². The molecule has 2 aromatic rings. The van der Waals surface area contributed by atoms with E-state index in [1.807, 2.05) is 0 Å². The Kier molecular flexibility index (Phi) is 3.33. The van der Waals surface area contributed by atoms with Crippen molar-refractivity contribution in [2.75, 3.05) is 10.5 Å². The molecule has 9 heteroatoms. The maximum atomic E-state index is 13.5. The molecular weight excluding hydrogens is 285 g/mol. The summed E-state index contributed by atoms with van der Waals surface area (Å²) in [5.74, 6) is -0.869. The summed E-state index contributed by atoms with van der Waals surface area (Å²) >= 11 is 0. The molecule has 20 heavy (non-hydrogen) atoms. The van der Waals surface area contributed by atoms with Crippen LogP contribution < -0.4 is 10.5 Å². The second-order valence-electron chi connectivity index (χ2n) is 3.90. The van der Waals surface area contributed by atoms with E-state index in [1.165, 1.54) is 30.1 Å². The Hall–Kier alpha value is -2.60. The van der Waals surface area contributed by atoms with Gasteiger partial charge in [0.25, 0.3) is 10.0 Å². The Morgan fingerprint density at radius 1 is 1.50 bits per heavy atom. The zero-order chi connectivity index (χ0) is 14.9. The number of nitrogen functional groups attached to an aromatic ring is 1. The quantitative estimate of drug-likeness (QED) is 0.870. The summed E-state index contributed by atoms with van der Waals surface area (Å²) in [6.45, 7) is 0. The average Bonchev–Trinajstić information content (AvgIpc) is 2.70. The van der Waals surface area contributed by atoms with Crippen molar-refractivity contribution in [3.63, 3.8) is 0 Å². The van der Waals surface area contributed by atoms with Gasteiger partial charge in [0.1, 0.15) is 22.3 Å². The molecule has 0 saturated carbocycles. The molecule has 1 aromatic heterocycles. The number of nitrogens with two attached hydrogens (primary N) is 1. The third kappa shape index (κ3) is 2.28. The lowest BCUT2D eigenvalue weighted by Crippen LogP contribution is -2.18. The van der Waals surface area contributed by atoms with Gasteiger partial charge in [-0.25, -0.2) is 12.8 Å². The smallest absolute Gasteiger partial charge is 0.264 e. The van der Waals surface area contributed by atoms with Gasteiger partial charge in [-0.2, -0.15) is 10.4 Å². The number of hydrogen-bond acceptors (Lipinski definition) is 5. The lowest BCUT2D eigenvalue weighted by molar-refractivity contribution is 0.593. The fraction of sp³-hybridized carbons (Fsp3) is 0.0909. The van der Waals surface area contributed by atoms with Crippen LogP contribution in [0.1, 0.15) is 5.56 Å². The molecule has 2 rings (SSSR count). The van der Waals surface area contributed by atoms with Gasteiger partial charge >= 0.3 is 0 Å². The lowest BCUT2D eigenvalue weighted by Gasteiger charge is -2.10. The molecule has 0 spiro atoms. The van der Waals surface area contributed by atoms with Crippen molar-refractivity contribution in [3.05, 3.63) is 35.8 Å². The van der Waals surface area contributed by atoms with Crippen LogP contribution in [0.15, 0.2) is 29.3 Å². The minimum atomic E-state index is -4.15. The highest BCUT2D eigenvalue weighted by molar-refractivity contribution is 7.92. The Bertz CT molecular complexity index is 787. The maximum Gasteiger partial charge on any atom is 0.264 e. The molecule has 1 aromatic carbocycles. The fourth-order valence-corrected chi connectivity index (χ4v) is 2.88. The molecule has 7 nitrogen and oxygen atoms in total. The van der Waals surface area contributed by atoms with Crippen molar-refractivity contribution in [2.45, 2.75) is 4.90 Å². The Morgan fingerprint density at radius 2 is 2.20 bits per heavy atom. The summed E-state index contributed by atoms with van der Waals surface area (Å²) in [6, 6.07) is 4.88. The number of rotatable bonds is 3. The van der Waals surface area contributed by atoms with Crippen molar-refractivity contribution in [1.82, 2.24) is 9.78 Å². The first-order chi connectivity index (χ1) is 9.36. The number of aromatic nitrogens is 2. The number of halogens is 1. The summed E-state index contributed by atoms with van der Waals surface area (Å²) in [4.78, 5) is -0.458. The van der Waals surface area contributed by atoms with Crippen LogP contribution in [0.2, 0.25) is 0 Å². The van der Waals surface area contributed by atoms with Crippen molar-refractivity contribution < 1.29 is 12.8 Å². The van der Waals surface area contributed by atoms with E-state index in [2.05, 4.69) is 9.82 Å². The minimum absolute atomic E-state index is 0.0400. The summed E-state index contributed by atoms with van der Waals surface area (Å²) in [5.41, 5.74) is 5.14. The normalized spacial score (nSPS) is 11.1. The third-order valence-corrected chi connectivity index (χ3v) is 3.96. The van der Waals surface area contributed by atoms with E-state index in [9.17, 15) is 12.8 Å². The van der Waals surface area contributed by atoms with Crippen LogP contribution in [0.3, 0.4) is 0 Å². The molecular formula is C11H10FN5O2S. The largest absolute Gasteiger partial charge is 0.394 e.